The van der Waals surface area contributed by atoms with E-state index in [1.54, 1.807) is 31.2 Å². The van der Waals surface area contributed by atoms with Crippen LogP contribution in [0, 0.1) is 0 Å². The molecule has 196 valence electrons. The minimum absolute atomic E-state index is 0.0612. The van der Waals surface area contributed by atoms with Gasteiger partial charge in [-0.15, -0.1) is 0 Å². The Balaban J connectivity index is 1.51. The number of carboxylic acid groups (broad SMARTS) is 1. The first-order valence-electron chi connectivity index (χ1n) is 11.1. The van der Waals surface area contributed by atoms with E-state index in [1.807, 2.05) is 0 Å². The fraction of sp³-hybridized carbons (Fsp3) is 0.240. The first-order chi connectivity index (χ1) is 17.2. The van der Waals surface area contributed by atoms with Crippen molar-refractivity contribution in [1.29, 1.82) is 0 Å². The minimum atomic E-state index is -3.32. The predicted octanol–water partition coefficient (Wildman–Crippen LogP) is 2.00. The summed E-state index contributed by atoms with van der Waals surface area (Å²) in [4.78, 5) is 11.3. The molecular formula is C25H25ClN2O9. The van der Waals surface area contributed by atoms with Crippen molar-refractivity contribution in [3.8, 4) is 28.4 Å². The molecule has 12 heteroatoms. The molecule has 0 radical (unpaired) electrons. The molecule has 0 fully saturated rings. The van der Waals surface area contributed by atoms with Gasteiger partial charge in [0.1, 0.15) is 0 Å². The topological polar surface area (TPSA) is 203 Å². The zero-order chi connectivity index (χ0) is 27.3. The monoisotopic (exact) mass is 532 g/mol. The SMILES string of the molecule is CC1c2c(Cl)c(O)c(O)c(O)c2C1CNC(O)(O)C(O)(O)Nc1cccc(-c2cccc(C(=O)O)c2)c1. The van der Waals surface area contributed by atoms with Crippen molar-refractivity contribution in [3.63, 3.8) is 0 Å². The van der Waals surface area contributed by atoms with E-state index in [0.717, 1.165) is 0 Å². The van der Waals surface area contributed by atoms with Crippen molar-refractivity contribution in [2.24, 2.45) is 0 Å². The van der Waals surface area contributed by atoms with Crippen LogP contribution in [0.25, 0.3) is 11.1 Å². The number of carbonyl (C=O) groups is 1. The Morgan fingerprint density at radius 2 is 1.51 bits per heavy atom. The molecule has 2 unspecified atom stereocenters. The Kier molecular flexibility index (Phi) is 6.71. The molecule has 3 aromatic rings. The van der Waals surface area contributed by atoms with Gasteiger partial charge >= 0.3 is 17.8 Å². The van der Waals surface area contributed by atoms with E-state index in [2.05, 4.69) is 10.6 Å². The molecule has 4 rings (SSSR count). The van der Waals surface area contributed by atoms with Gasteiger partial charge in [0.2, 0.25) is 5.75 Å². The Hall–Kier alpha value is -3.58. The highest BCUT2D eigenvalue weighted by atomic mass is 35.5. The van der Waals surface area contributed by atoms with Gasteiger partial charge in [0.05, 0.1) is 10.6 Å². The molecule has 0 amide bonds. The Morgan fingerprint density at radius 3 is 2.16 bits per heavy atom. The lowest BCUT2D eigenvalue weighted by molar-refractivity contribution is -0.357. The van der Waals surface area contributed by atoms with E-state index >= 15 is 0 Å². The van der Waals surface area contributed by atoms with Crippen molar-refractivity contribution in [3.05, 3.63) is 70.2 Å². The summed E-state index contributed by atoms with van der Waals surface area (Å²) in [6.07, 6.45) is 0. The van der Waals surface area contributed by atoms with E-state index < -0.39 is 41.0 Å². The number of rotatable bonds is 8. The summed E-state index contributed by atoms with van der Waals surface area (Å²) in [6.45, 7) is 1.41. The summed E-state index contributed by atoms with van der Waals surface area (Å²) in [5.41, 5.74) is 1.75. The second-order valence-corrected chi connectivity index (χ2v) is 9.28. The maximum atomic E-state index is 11.3. The Morgan fingerprint density at radius 1 is 0.892 bits per heavy atom. The third-order valence-corrected chi connectivity index (χ3v) is 6.93. The van der Waals surface area contributed by atoms with Crippen LogP contribution in [0.15, 0.2) is 48.5 Å². The van der Waals surface area contributed by atoms with Crippen LogP contribution in [0.3, 0.4) is 0 Å². The molecule has 11 nitrogen and oxygen atoms in total. The molecule has 0 heterocycles. The zero-order valence-electron chi connectivity index (χ0n) is 19.3. The van der Waals surface area contributed by atoms with Crippen molar-refractivity contribution in [2.45, 2.75) is 30.6 Å². The largest absolute Gasteiger partial charge is 0.504 e. The number of aromatic hydroxyl groups is 3. The van der Waals surface area contributed by atoms with E-state index in [1.165, 1.54) is 24.3 Å². The normalized spacial score (nSPS) is 17.1. The molecule has 10 N–H and O–H groups in total. The van der Waals surface area contributed by atoms with Crippen LogP contribution >= 0.6 is 11.6 Å². The quantitative estimate of drug-likeness (QED) is 0.150. The zero-order valence-corrected chi connectivity index (χ0v) is 20.1. The number of benzene rings is 3. The number of nitrogens with one attached hydrogen (secondary N) is 2. The predicted molar refractivity (Wildman–Crippen MR) is 132 cm³/mol. The summed E-state index contributed by atoms with van der Waals surface area (Å²) < 4.78 is 0. The van der Waals surface area contributed by atoms with Gasteiger partial charge in [-0.05, 0) is 46.9 Å². The number of fused-ring (bicyclic) bond motifs is 1. The summed E-state index contributed by atoms with van der Waals surface area (Å²) in [5, 5.41) is 85.3. The summed E-state index contributed by atoms with van der Waals surface area (Å²) in [6, 6.07) is 12.2. The first kappa shape index (κ1) is 26.5. The number of carboxylic acids is 1. The van der Waals surface area contributed by atoms with E-state index in [4.69, 9.17) is 11.6 Å². The molecule has 0 saturated carbocycles. The first-order valence-corrected chi connectivity index (χ1v) is 11.5. The lowest BCUT2D eigenvalue weighted by atomic mass is 9.68. The molecule has 1 aliphatic rings. The lowest BCUT2D eigenvalue weighted by Crippen LogP contribution is -2.67. The summed E-state index contributed by atoms with van der Waals surface area (Å²) in [7, 11) is 0. The highest BCUT2D eigenvalue weighted by molar-refractivity contribution is 6.33. The molecule has 1 aliphatic carbocycles. The van der Waals surface area contributed by atoms with Crippen LogP contribution in [0.4, 0.5) is 5.69 Å². The molecule has 37 heavy (non-hydrogen) atoms. The molecule has 0 saturated heterocycles. The standard InChI is InChI=1S/C25H25ClN2O9/c1-11-16(18-17(11)19(26)21(30)22(31)20(18)29)10-27-24(34,35)25(36,37)28-15-7-3-5-13(9-15)12-4-2-6-14(8-12)23(32)33/h2-9,11,16,27-31,34-37H,10H2,1H3,(H,32,33). The number of aliphatic hydroxyl groups is 4. The van der Waals surface area contributed by atoms with Crippen LogP contribution in [-0.4, -0.2) is 65.2 Å². The Bertz CT molecular complexity index is 1380. The molecule has 2 atom stereocenters. The minimum Gasteiger partial charge on any atom is -0.504 e. The van der Waals surface area contributed by atoms with E-state index in [-0.39, 0.29) is 34.3 Å². The third kappa shape index (κ3) is 4.64. The van der Waals surface area contributed by atoms with E-state index in [9.17, 15) is 45.6 Å². The molecule has 3 aromatic carbocycles. The smallest absolute Gasteiger partial charge is 0.335 e. The molecule has 0 spiro atoms. The molecular weight excluding hydrogens is 508 g/mol. The lowest BCUT2D eigenvalue weighted by Gasteiger charge is -2.42. The molecule has 0 aliphatic heterocycles. The number of phenolic OH excluding ortho intramolecular Hbond substituents is 3. The molecule has 0 aromatic heterocycles. The van der Waals surface area contributed by atoms with Gasteiger partial charge < -0.3 is 46.2 Å². The summed E-state index contributed by atoms with van der Waals surface area (Å²) in [5.74, 6) is -10.8. The van der Waals surface area contributed by atoms with Gasteiger partial charge in [0.25, 0.3) is 0 Å². The van der Waals surface area contributed by atoms with Gasteiger partial charge in [0, 0.05) is 23.7 Å². The number of hydrogen-bond donors (Lipinski definition) is 10. The van der Waals surface area contributed by atoms with Gasteiger partial charge in [-0.1, -0.05) is 42.8 Å². The van der Waals surface area contributed by atoms with Gasteiger partial charge in [-0.2, -0.15) is 0 Å². The fourth-order valence-corrected chi connectivity index (χ4v) is 4.81. The third-order valence-electron chi connectivity index (χ3n) is 6.55. The van der Waals surface area contributed by atoms with Crippen molar-refractivity contribution < 1.29 is 45.6 Å². The van der Waals surface area contributed by atoms with Gasteiger partial charge in [-0.3, -0.25) is 5.32 Å². The number of phenols is 3. The van der Waals surface area contributed by atoms with E-state index in [0.29, 0.717) is 16.7 Å². The second kappa shape index (κ2) is 9.38. The van der Waals surface area contributed by atoms with Gasteiger partial charge in [-0.25, -0.2) is 4.79 Å². The highest BCUT2D eigenvalue weighted by Gasteiger charge is 2.50. The van der Waals surface area contributed by atoms with Crippen molar-refractivity contribution >= 4 is 23.3 Å². The average Bonchev–Trinajstić information content (AvgIpc) is 2.84. The Labute approximate surface area is 215 Å². The average molecular weight is 533 g/mol. The number of aromatic carboxylic acids is 1. The fourth-order valence-electron chi connectivity index (χ4n) is 4.44. The van der Waals surface area contributed by atoms with Gasteiger partial charge in [0.15, 0.2) is 11.5 Å². The summed E-state index contributed by atoms with van der Waals surface area (Å²) >= 11 is 6.05. The number of anilines is 1. The number of halogens is 1. The van der Waals surface area contributed by atoms with Crippen LogP contribution in [-0.2, 0) is 0 Å². The van der Waals surface area contributed by atoms with Crippen molar-refractivity contribution in [2.75, 3.05) is 11.9 Å². The second-order valence-electron chi connectivity index (χ2n) is 8.90. The maximum absolute atomic E-state index is 11.3. The highest BCUT2D eigenvalue weighted by Crippen LogP contribution is 2.59. The van der Waals surface area contributed by atoms with Crippen LogP contribution < -0.4 is 10.6 Å². The molecule has 0 bridgehead atoms. The maximum Gasteiger partial charge on any atom is 0.335 e. The van der Waals surface area contributed by atoms with Crippen LogP contribution in [0.2, 0.25) is 5.02 Å². The van der Waals surface area contributed by atoms with Crippen LogP contribution in [0.1, 0.15) is 40.2 Å². The number of hydrogen-bond acceptors (Lipinski definition) is 10. The van der Waals surface area contributed by atoms with Crippen molar-refractivity contribution in [1.82, 2.24) is 5.32 Å². The van der Waals surface area contributed by atoms with Crippen LogP contribution in [0.5, 0.6) is 17.2 Å².